The molecule has 0 aliphatic carbocycles. The summed E-state index contributed by atoms with van der Waals surface area (Å²) in [5, 5.41) is 3.29. The number of benzene rings is 1. The summed E-state index contributed by atoms with van der Waals surface area (Å²) in [5.41, 5.74) is 1.04. The van der Waals surface area contributed by atoms with Crippen LogP contribution in [0.25, 0.3) is 0 Å². The topological polar surface area (TPSA) is 34.1 Å². The van der Waals surface area contributed by atoms with E-state index in [0.717, 1.165) is 29.0 Å². The normalized spacial score (nSPS) is 10.3. The first kappa shape index (κ1) is 13.1. The van der Waals surface area contributed by atoms with Gasteiger partial charge in [-0.2, -0.15) is 0 Å². The van der Waals surface area contributed by atoms with Crippen LogP contribution < -0.4 is 10.1 Å². The summed E-state index contributed by atoms with van der Waals surface area (Å²) in [6, 6.07) is 13.7. The van der Waals surface area contributed by atoms with Crippen molar-refractivity contribution in [3.8, 4) is 5.75 Å². The van der Waals surface area contributed by atoms with Gasteiger partial charge in [-0.05, 0) is 36.4 Å². The monoisotopic (exact) mass is 306 g/mol. The summed E-state index contributed by atoms with van der Waals surface area (Å²) in [6.07, 6.45) is 1.80. The molecule has 0 saturated heterocycles. The molecule has 0 atom stereocenters. The molecule has 1 N–H and O–H groups in total. The Morgan fingerprint density at radius 3 is 2.67 bits per heavy atom. The number of rotatable bonds is 6. The molecule has 1 aromatic heterocycles. The Bertz CT molecular complexity index is 459. The van der Waals surface area contributed by atoms with Crippen LogP contribution in [0.1, 0.15) is 5.69 Å². The summed E-state index contributed by atoms with van der Waals surface area (Å²) in [5.74, 6) is 0.887. The van der Waals surface area contributed by atoms with Crippen molar-refractivity contribution in [3.63, 3.8) is 0 Å². The average molecular weight is 307 g/mol. The molecule has 1 heterocycles. The van der Waals surface area contributed by atoms with Crippen LogP contribution >= 0.6 is 15.9 Å². The molecule has 18 heavy (non-hydrogen) atoms. The van der Waals surface area contributed by atoms with E-state index >= 15 is 0 Å². The Labute approximate surface area is 115 Å². The zero-order valence-corrected chi connectivity index (χ0v) is 11.6. The maximum atomic E-state index is 5.60. The largest absolute Gasteiger partial charge is 0.492 e. The first-order valence-corrected chi connectivity index (χ1v) is 6.63. The van der Waals surface area contributed by atoms with Gasteiger partial charge in [0, 0.05) is 23.8 Å². The molecule has 3 nitrogen and oxygen atoms in total. The van der Waals surface area contributed by atoms with E-state index in [-0.39, 0.29) is 0 Å². The molecule has 0 amide bonds. The van der Waals surface area contributed by atoms with Crippen LogP contribution in [0.4, 0.5) is 0 Å². The van der Waals surface area contributed by atoms with E-state index in [1.165, 1.54) is 0 Å². The quantitative estimate of drug-likeness (QED) is 0.833. The fraction of sp³-hybridized carbons (Fsp3) is 0.214. The maximum absolute atomic E-state index is 5.60. The highest BCUT2D eigenvalue weighted by Gasteiger charge is 1.94. The van der Waals surface area contributed by atoms with Crippen molar-refractivity contribution in [3.05, 3.63) is 58.8 Å². The Morgan fingerprint density at radius 2 is 1.94 bits per heavy atom. The van der Waals surface area contributed by atoms with Gasteiger partial charge in [0.2, 0.25) is 0 Å². The molecule has 4 heteroatoms. The molecule has 1 aromatic carbocycles. The lowest BCUT2D eigenvalue weighted by Crippen LogP contribution is -2.21. The van der Waals surface area contributed by atoms with Gasteiger partial charge in [0.25, 0.3) is 0 Å². The molecule has 0 spiro atoms. The fourth-order valence-electron chi connectivity index (χ4n) is 1.49. The second kappa shape index (κ2) is 7.13. The molecule has 0 fully saturated rings. The van der Waals surface area contributed by atoms with Crippen LogP contribution in [0, 0.1) is 0 Å². The van der Waals surface area contributed by atoms with Crippen molar-refractivity contribution in [2.24, 2.45) is 0 Å². The van der Waals surface area contributed by atoms with E-state index in [1.54, 1.807) is 6.20 Å². The van der Waals surface area contributed by atoms with Gasteiger partial charge < -0.3 is 10.1 Å². The number of hydrogen-bond acceptors (Lipinski definition) is 3. The number of nitrogens with one attached hydrogen (secondary N) is 1. The highest BCUT2D eigenvalue weighted by Crippen LogP contribution is 2.15. The Balaban J connectivity index is 1.63. The first-order valence-electron chi connectivity index (χ1n) is 5.83. The summed E-state index contributed by atoms with van der Waals surface area (Å²) >= 11 is 3.39. The molecule has 0 radical (unpaired) electrons. The lowest BCUT2D eigenvalue weighted by atomic mass is 10.3. The second-order valence-corrected chi connectivity index (χ2v) is 4.72. The summed E-state index contributed by atoms with van der Waals surface area (Å²) in [7, 11) is 0. The van der Waals surface area contributed by atoms with Crippen LogP contribution in [0.15, 0.2) is 53.1 Å². The van der Waals surface area contributed by atoms with Crippen LogP contribution in [0.2, 0.25) is 0 Å². The molecule has 2 rings (SSSR count). The van der Waals surface area contributed by atoms with E-state index in [4.69, 9.17) is 4.74 Å². The number of nitrogens with zero attached hydrogens (tertiary/aromatic N) is 1. The van der Waals surface area contributed by atoms with Crippen molar-refractivity contribution in [1.29, 1.82) is 0 Å². The smallest absolute Gasteiger partial charge is 0.119 e. The van der Waals surface area contributed by atoms with Crippen LogP contribution in [-0.2, 0) is 6.54 Å². The molecule has 94 valence electrons. The van der Waals surface area contributed by atoms with Crippen molar-refractivity contribution < 1.29 is 4.74 Å². The van der Waals surface area contributed by atoms with Gasteiger partial charge in [-0.3, -0.25) is 4.98 Å². The molecule has 0 saturated carbocycles. The van der Waals surface area contributed by atoms with Gasteiger partial charge in [-0.15, -0.1) is 0 Å². The number of pyridine rings is 1. The van der Waals surface area contributed by atoms with Crippen LogP contribution in [-0.4, -0.2) is 18.1 Å². The van der Waals surface area contributed by atoms with Gasteiger partial charge in [0.1, 0.15) is 12.4 Å². The molecule has 2 aromatic rings. The minimum atomic E-state index is 0.647. The van der Waals surface area contributed by atoms with Crippen LogP contribution in [0.5, 0.6) is 5.75 Å². The zero-order chi connectivity index (χ0) is 12.6. The second-order valence-electron chi connectivity index (χ2n) is 3.80. The van der Waals surface area contributed by atoms with Gasteiger partial charge in [-0.1, -0.05) is 22.0 Å². The third kappa shape index (κ3) is 4.47. The highest BCUT2D eigenvalue weighted by molar-refractivity contribution is 9.10. The number of aromatic nitrogens is 1. The van der Waals surface area contributed by atoms with Crippen molar-refractivity contribution >= 4 is 15.9 Å². The first-order chi connectivity index (χ1) is 8.84. The van der Waals surface area contributed by atoms with Crippen molar-refractivity contribution in [1.82, 2.24) is 10.3 Å². The van der Waals surface area contributed by atoms with E-state index in [2.05, 4.69) is 26.2 Å². The third-order valence-electron chi connectivity index (χ3n) is 2.39. The molecular formula is C14H15BrN2O. The van der Waals surface area contributed by atoms with E-state index in [9.17, 15) is 0 Å². The number of hydrogen-bond donors (Lipinski definition) is 1. The zero-order valence-electron chi connectivity index (χ0n) is 9.97. The maximum Gasteiger partial charge on any atom is 0.119 e. The van der Waals surface area contributed by atoms with Gasteiger partial charge >= 0.3 is 0 Å². The molecule has 0 aliphatic rings. The Kier molecular flexibility index (Phi) is 5.17. The van der Waals surface area contributed by atoms with E-state index in [0.29, 0.717) is 6.61 Å². The van der Waals surface area contributed by atoms with Gasteiger partial charge in [0.15, 0.2) is 0 Å². The fourth-order valence-corrected chi connectivity index (χ4v) is 1.76. The Morgan fingerprint density at radius 1 is 1.11 bits per heavy atom. The van der Waals surface area contributed by atoms with E-state index < -0.39 is 0 Å². The molecule has 0 unspecified atom stereocenters. The molecule has 0 bridgehead atoms. The minimum absolute atomic E-state index is 0.647. The average Bonchev–Trinajstić information content (AvgIpc) is 2.42. The van der Waals surface area contributed by atoms with Gasteiger partial charge in [0.05, 0.1) is 5.69 Å². The summed E-state index contributed by atoms with van der Waals surface area (Å²) in [6.45, 7) is 2.21. The summed E-state index contributed by atoms with van der Waals surface area (Å²) in [4.78, 5) is 4.24. The molecular weight excluding hydrogens is 292 g/mol. The SMILES string of the molecule is Brc1ccc(OCCNCc2ccccn2)cc1. The lowest BCUT2D eigenvalue weighted by Gasteiger charge is -2.07. The summed E-state index contributed by atoms with van der Waals surface area (Å²) < 4.78 is 6.65. The number of ether oxygens (including phenoxy) is 1. The minimum Gasteiger partial charge on any atom is -0.492 e. The third-order valence-corrected chi connectivity index (χ3v) is 2.92. The van der Waals surface area contributed by atoms with Gasteiger partial charge in [-0.25, -0.2) is 0 Å². The van der Waals surface area contributed by atoms with Crippen molar-refractivity contribution in [2.75, 3.05) is 13.2 Å². The predicted molar refractivity (Wildman–Crippen MR) is 75.6 cm³/mol. The number of halogens is 1. The standard InChI is InChI=1S/C14H15BrN2O/c15-12-4-6-14(7-5-12)18-10-9-16-11-13-3-1-2-8-17-13/h1-8,16H,9-11H2. The predicted octanol–water partition coefficient (Wildman–Crippen LogP) is 3.01. The molecule has 0 aliphatic heterocycles. The lowest BCUT2D eigenvalue weighted by molar-refractivity contribution is 0.313. The van der Waals surface area contributed by atoms with Crippen molar-refractivity contribution in [2.45, 2.75) is 6.54 Å². The van der Waals surface area contributed by atoms with Crippen LogP contribution in [0.3, 0.4) is 0 Å². The Hall–Kier alpha value is -1.39. The highest BCUT2D eigenvalue weighted by atomic mass is 79.9. The van der Waals surface area contributed by atoms with E-state index in [1.807, 2.05) is 42.5 Å².